The van der Waals surface area contributed by atoms with E-state index < -0.39 is 17.5 Å². The Morgan fingerprint density at radius 1 is 1.27 bits per heavy atom. The van der Waals surface area contributed by atoms with Crippen LogP contribution >= 0.6 is 0 Å². The minimum Gasteiger partial charge on any atom is -0.350 e. The number of carbonyl (C=O) groups is 1. The van der Waals surface area contributed by atoms with E-state index in [-0.39, 0.29) is 24.2 Å². The second-order valence-corrected chi connectivity index (χ2v) is 4.65. The summed E-state index contributed by atoms with van der Waals surface area (Å²) in [6, 6.07) is 4.35. The summed E-state index contributed by atoms with van der Waals surface area (Å²) in [6.07, 6.45) is 2.09. The Hall–Kier alpha value is -2.57. The van der Waals surface area contributed by atoms with Crippen LogP contribution in [0.1, 0.15) is 23.0 Å². The van der Waals surface area contributed by atoms with Crippen molar-refractivity contribution in [2.75, 3.05) is 6.54 Å². The van der Waals surface area contributed by atoms with Gasteiger partial charge in [0.05, 0.1) is 6.33 Å². The van der Waals surface area contributed by atoms with Gasteiger partial charge in [0.2, 0.25) is 0 Å². The third kappa shape index (κ3) is 3.75. The minimum atomic E-state index is -1.08. The number of carbonyl (C=O) groups excluding carboxylic acids is 1. The lowest BCUT2D eigenvalue weighted by atomic mass is 10.2. The molecule has 1 heterocycles. The molecule has 2 aromatic rings. The maximum atomic E-state index is 13.0. The van der Waals surface area contributed by atoms with E-state index in [9.17, 15) is 18.4 Å². The van der Waals surface area contributed by atoms with E-state index in [1.807, 2.05) is 6.92 Å². The number of hydrogen-bond acceptors (Lipinski definition) is 3. The molecule has 1 aromatic carbocycles. The predicted molar refractivity (Wildman–Crippen MR) is 76.6 cm³/mol. The average molecular weight is 307 g/mol. The SMILES string of the molecule is CCc1cc(=O)n(CCNC(=O)c2ccc(F)c(F)c2)cn1. The van der Waals surface area contributed by atoms with Crippen LogP contribution in [0, 0.1) is 11.6 Å². The third-order valence-electron chi connectivity index (χ3n) is 3.12. The van der Waals surface area contributed by atoms with Crippen LogP contribution in [0.25, 0.3) is 0 Å². The molecule has 0 aliphatic rings. The number of benzene rings is 1. The van der Waals surface area contributed by atoms with Gasteiger partial charge in [0, 0.05) is 30.4 Å². The van der Waals surface area contributed by atoms with E-state index >= 15 is 0 Å². The topological polar surface area (TPSA) is 64.0 Å². The third-order valence-corrected chi connectivity index (χ3v) is 3.12. The van der Waals surface area contributed by atoms with Crippen LogP contribution < -0.4 is 10.9 Å². The molecule has 1 amide bonds. The van der Waals surface area contributed by atoms with Crippen molar-refractivity contribution in [2.45, 2.75) is 19.9 Å². The van der Waals surface area contributed by atoms with Crippen LogP contribution in [-0.2, 0) is 13.0 Å². The van der Waals surface area contributed by atoms with Crippen LogP contribution in [0.2, 0.25) is 0 Å². The van der Waals surface area contributed by atoms with Crippen molar-refractivity contribution in [3.8, 4) is 0 Å². The molecule has 0 aliphatic heterocycles. The summed E-state index contributed by atoms with van der Waals surface area (Å²) >= 11 is 0. The van der Waals surface area contributed by atoms with Gasteiger partial charge < -0.3 is 5.32 Å². The smallest absolute Gasteiger partial charge is 0.253 e. The minimum absolute atomic E-state index is 0.0192. The molecule has 0 radical (unpaired) electrons. The number of aromatic nitrogens is 2. The van der Waals surface area contributed by atoms with Crippen molar-refractivity contribution in [2.24, 2.45) is 0 Å². The number of nitrogens with one attached hydrogen (secondary N) is 1. The number of halogens is 2. The van der Waals surface area contributed by atoms with Crippen molar-refractivity contribution < 1.29 is 13.6 Å². The van der Waals surface area contributed by atoms with E-state index in [4.69, 9.17) is 0 Å². The highest BCUT2D eigenvalue weighted by Crippen LogP contribution is 2.08. The average Bonchev–Trinajstić information content (AvgIpc) is 2.51. The quantitative estimate of drug-likeness (QED) is 0.911. The highest BCUT2D eigenvalue weighted by molar-refractivity contribution is 5.94. The van der Waals surface area contributed by atoms with Gasteiger partial charge in [0.15, 0.2) is 11.6 Å². The Labute approximate surface area is 125 Å². The molecule has 5 nitrogen and oxygen atoms in total. The van der Waals surface area contributed by atoms with Gasteiger partial charge in [0.1, 0.15) is 0 Å². The molecule has 0 fully saturated rings. The number of nitrogens with zero attached hydrogens (tertiary/aromatic N) is 2. The zero-order chi connectivity index (χ0) is 16.1. The van der Waals surface area contributed by atoms with E-state index in [0.717, 1.165) is 12.1 Å². The maximum absolute atomic E-state index is 13.0. The second-order valence-electron chi connectivity index (χ2n) is 4.65. The number of hydrogen-bond donors (Lipinski definition) is 1. The molecule has 1 aromatic heterocycles. The molecule has 22 heavy (non-hydrogen) atoms. The molecule has 0 spiro atoms. The van der Waals surface area contributed by atoms with Crippen molar-refractivity contribution in [1.82, 2.24) is 14.9 Å². The fraction of sp³-hybridized carbons (Fsp3) is 0.267. The van der Waals surface area contributed by atoms with Crippen LogP contribution in [0.3, 0.4) is 0 Å². The first-order valence-corrected chi connectivity index (χ1v) is 6.80. The van der Waals surface area contributed by atoms with Crippen molar-refractivity contribution in [1.29, 1.82) is 0 Å². The Bertz CT molecular complexity index is 744. The lowest BCUT2D eigenvalue weighted by Gasteiger charge is -2.08. The van der Waals surface area contributed by atoms with Crippen molar-refractivity contribution in [3.63, 3.8) is 0 Å². The van der Waals surface area contributed by atoms with Gasteiger partial charge in [0.25, 0.3) is 11.5 Å². The molecule has 1 N–H and O–H groups in total. The van der Waals surface area contributed by atoms with Gasteiger partial charge in [-0.15, -0.1) is 0 Å². The van der Waals surface area contributed by atoms with Crippen LogP contribution in [0.15, 0.2) is 35.4 Å². The number of aryl methyl sites for hydroxylation is 1. The molecule has 2 rings (SSSR count). The zero-order valence-corrected chi connectivity index (χ0v) is 12.0. The molecule has 7 heteroatoms. The summed E-state index contributed by atoms with van der Waals surface area (Å²) in [5.74, 6) is -2.63. The van der Waals surface area contributed by atoms with Crippen LogP contribution in [0.5, 0.6) is 0 Å². The van der Waals surface area contributed by atoms with Crippen LogP contribution in [0.4, 0.5) is 8.78 Å². The zero-order valence-electron chi connectivity index (χ0n) is 12.0. The molecule has 116 valence electrons. The number of rotatable bonds is 5. The molecular weight excluding hydrogens is 292 g/mol. The highest BCUT2D eigenvalue weighted by atomic mass is 19.2. The van der Waals surface area contributed by atoms with Gasteiger partial charge in [-0.1, -0.05) is 6.92 Å². The van der Waals surface area contributed by atoms with Gasteiger partial charge in [-0.3, -0.25) is 14.2 Å². The van der Waals surface area contributed by atoms with E-state index in [2.05, 4.69) is 10.3 Å². The van der Waals surface area contributed by atoms with E-state index in [0.29, 0.717) is 12.1 Å². The predicted octanol–water partition coefficient (Wildman–Crippen LogP) is 1.51. The first-order chi connectivity index (χ1) is 10.5. The largest absolute Gasteiger partial charge is 0.350 e. The monoisotopic (exact) mass is 307 g/mol. The number of amides is 1. The van der Waals surface area contributed by atoms with Crippen molar-refractivity contribution in [3.05, 3.63) is 63.8 Å². The normalized spacial score (nSPS) is 10.5. The maximum Gasteiger partial charge on any atom is 0.253 e. The second kappa shape index (κ2) is 6.93. The summed E-state index contributed by atoms with van der Waals surface area (Å²) in [6.45, 7) is 2.31. The molecule has 0 aliphatic carbocycles. The molecule has 0 atom stereocenters. The van der Waals surface area contributed by atoms with Gasteiger partial charge in [-0.2, -0.15) is 0 Å². The summed E-state index contributed by atoms with van der Waals surface area (Å²) in [5, 5.41) is 2.53. The highest BCUT2D eigenvalue weighted by Gasteiger charge is 2.09. The van der Waals surface area contributed by atoms with E-state index in [1.165, 1.54) is 23.0 Å². The molecule has 0 saturated carbocycles. The Balaban J connectivity index is 1.94. The lowest BCUT2D eigenvalue weighted by Crippen LogP contribution is -2.31. The Morgan fingerprint density at radius 3 is 2.68 bits per heavy atom. The summed E-state index contributed by atoms with van der Waals surface area (Å²) in [4.78, 5) is 27.6. The molecular formula is C15H15F2N3O2. The standard InChI is InChI=1S/C15H15F2N3O2/c1-2-11-8-14(21)20(9-19-11)6-5-18-15(22)10-3-4-12(16)13(17)7-10/h3-4,7-9H,2,5-6H2,1H3,(H,18,22). The first kappa shape index (κ1) is 15.8. The fourth-order valence-corrected chi connectivity index (χ4v) is 1.85. The summed E-state index contributed by atoms with van der Waals surface area (Å²) in [5.41, 5.74) is 0.520. The van der Waals surface area contributed by atoms with Crippen molar-refractivity contribution >= 4 is 5.91 Å². The summed E-state index contributed by atoms with van der Waals surface area (Å²) in [7, 11) is 0. The van der Waals surface area contributed by atoms with Crippen LogP contribution in [-0.4, -0.2) is 22.0 Å². The van der Waals surface area contributed by atoms with Gasteiger partial charge in [-0.05, 0) is 24.6 Å². The Morgan fingerprint density at radius 2 is 2.05 bits per heavy atom. The molecule has 0 bridgehead atoms. The first-order valence-electron chi connectivity index (χ1n) is 6.80. The summed E-state index contributed by atoms with van der Waals surface area (Å²) < 4.78 is 27.2. The fourth-order valence-electron chi connectivity index (χ4n) is 1.85. The lowest BCUT2D eigenvalue weighted by molar-refractivity contribution is 0.0951. The van der Waals surface area contributed by atoms with Gasteiger partial charge in [-0.25, -0.2) is 13.8 Å². The molecule has 0 unspecified atom stereocenters. The van der Waals surface area contributed by atoms with Gasteiger partial charge >= 0.3 is 0 Å². The van der Waals surface area contributed by atoms with E-state index in [1.54, 1.807) is 0 Å². The Kier molecular flexibility index (Phi) is 4.98. The molecule has 0 saturated heterocycles.